The smallest absolute Gasteiger partial charge is 0.308 e. The van der Waals surface area contributed by atoms with Crippen molar-refractivity contribution >= 4 is 27.8 Å². The summed E-state index contributed by atoms with van der Waals surface area (Å²) in [5, 5.41) is 7.24. The fourth-order valence-electron chi connectivity index (χ4n) is 2.76. The van der Waals surface area contributed by atoms with Crippen molar-refractivity contribution in [2.75, 3.05) is 6.61 Å². The Morgan fingerprint density at radius 3 is 2.64 bits per heavy atom. The van der Waals surface area contributed by atoms with Crippen molar-refractivity contribution in [2.24, 2.45) is 0 Å². The standard InChI is InChI=1S/C21H20BrN3O3/c1-2-28-20(26)14-19(15-7-4-3-5-8-15)23-21(27)18-11-12-25(24-18)17-10-6-9-16(22)13-17/h3-13,19H,2,14H2,1H3,(H,23,27). The van der Waals surface area contributed by atoms with Crippen LogP contribution in [0.25, 0.3) is 5.69 Å². The van der Waals surface area contributed by atoms with E-state index in [0.717, 1.165) is 15.7 Å². The highest BCUT2D eigenvalue weighted by Crippen LogP contribution is 2.19. The molecule has 1 unspecified atom stereocenters. The number of amides is 1. The van der Waals surface area contributed by atoms with Crippen molar-refractivity contribution in [3.05, 3.63) is 82.6 Å². The van der Waals surface area contributed by atoms with Crippen LogP contribution in [0.4, 0.5) is 0 Å². The third-order valence-corrected chi connectivity index (χ3v) is 4.57. The fraction of sp³-hybridized carbons (Fsp3) is 0.190. The van der Waals surface area contributed by atoms with Gasteiger partial charge in [-0.1, -0.05) is 52.3 Å². The molecular weight excluding hydrogens is 422 g/mol. The van der Waals surface area contributed by atoms with Gasteiger partial charge in [-0.05, 0) is 36.8 Å². The minimum atomic E-state index is -0.497. The van der Waals surface area contributed by atoms with Crippen LogP contribution >= 0.6 is 15.9 Å². The topological polar surface area (TPSA) is 73.2 Å². The molecule has 0 bridgehead atoms. The van der Waals surface area contributed by atoms with Gasteiger partial charge < -0.3 is 10.1 Å². The molecule has 0 saturated carbocycles. The number of ether oxygens (including phenoxy) is 1. The molecule has 1 amide bonds. The Balaban J connectivity index is 1.77. The van der Waals surface area contributed by atoms with Crippen molar-refractivity contribution < 1.29 is 14.3 Å². The zero-order chi connectivity index (χ0) is 19.9. The molecule has 6 nitrogen and oxygen atoms in total. The Morgan fingerprint density at radius 1 is 1.14 bits per heavy atom. The molecule has 3 aromatic rings. The lowest BCUT2D eigenvalue weighted by Gasteiger charge is -2.18. The Bertz CT molecular complexity index is 956. The molecule has 0 fully saturated rings. The summed E-state index contributed by atoms with van der Waals surface area (Å²) in [5.41, 5.74) is 1.93. The quantitative estimate of drug-likeness (QED) is 0.561. The van der Waals surface area contributed by atoms with Gasteiger partial charge in [-0.2, -0.15) is 5.10 Å². The van der Waals surface area contributed by atoms with Crippen LogP contribution in [0.3, 0.4) is 0 Å². The number of aromatic nitrogens is 2. The number of rotatable bonds is 7. The molecular formula is C21H20BrN3O3. The molecule has 144 valence electrons. The number of nitrogens with one attached hydrogen (secondary N) is 1. The van der Waals surface area contributed by atoms with Crippen LogP contribution in [0.1, 0.15) is 35.4 Å². The second-order valence-electron chi connectivity index (χ2n) is 6.07. The predicted octanol–water partition coefficient (Wildman–Crippen LogP) is 4.06. The zero-order valence-corrected chi connectivity index (χ0v) is 16.9. The fourth-order valence-corrected chi connectivity index (χ4v) is 3.15. The summed E-state index contributed by atoms with van der Waals surface area (Å²) >= 11 is 3.43. The van der Waals surface area contributed by atoms with E-state index in [1.54, 1.807) is 23.9 Å². The van der Waals surface area contributed by atoms with Gasteiger partial charge in [0.25, 0.3) is 5.91 Å². The van der Waals surface area contributed by atoms with Gasteiger partial charge in [-0.3, -0.25) is 9.59 Å². The molecule has 7 heteroatoms. The summed E-state index contributed by atoms with van der Waals surface area (Å²) in [6, 6.07) is 18.1. The van der Waals surface area contributed by atoms with E-state index in [-0.39, 0.29) is 24.0 Å². The number of carbonyl (C=O) groups is 2. The van der Waals surface area contributed by atoms with Gasteiger partial charge in [-0.25, -0.2) is 4.68 Å². The van der Waals surface area contributed by atoms with E-state index in [1.807, 2.05) is 54.6 Å². The number of hydrogen-bond acceptors (Lipinski definition) is 4. The summed E-state index contributed by atoms with van der Waals surface area (Å²) in [6.45, 7) is 2.05. The molecule has 1 aromatic heterocycles. The summed E-state index contributed by atoms with van der Waals surface area (Å²) in [4.78, 5) is 24.7. The minimum Gasteiger partial charge on any atom is -0.466 e. The van der Waals surface area contributed by atoms with Gasteiger partial charge in [-0.15, -0.1) is 0 Å². The number of halogens is 1. The van der Waals surface area contributed by atoms with Crippen molar-refractivity contribution in [1.82, 2.24) is 15.1 Å². The predicted molar refractivity (Wildman–Crippen MR) is 109 cm³/mol. The van der Waals surface area contributed by atoms with Crippen molar-refractivity contribution in [3.8, 4) is 5.69 Å². The molecule has 1 heterocycles. The lowest BCUT2D eigenvalue weighted by atomic mass is 10.0. The molecule has 1 atom stereocenters. The molecule has 0 aliphatic heterocycles. The maximum Gasteiger partial charge on any atom is 0.308 e. The van der Waals surface area contributed by atoms with Crippen LogP contribution in [0.2, 0.25) is 0 Å². The van der Waals surface area contributed by atoms with Gasteiger partial charge in [0.1, 0.15) is 0 Å². The lowest BCUT2D eigenvalue weighted by molar-refractivity contribution is -0.143. The maximum absolute atomic E-state index is 12.7. The van der Waals surface area contributed by atoms with Gasteiger partial charge in [0, 0.05) is 10.7 Å². The van der Waals surface area contributed by atoms with E-state index < -0.39 is 6.04 Å². The molecule has 3 rings (SSSR count). The van der Waals surface area contributed by atoms with Crippen LogP contribution in [0, 0.1) is 0 Å². The molecule has 0 radical (unpaired) electrons. The Labute approximate surface area is 171 Å². The van der Waals surface area contributed by atoms with E-state index in [1.165, 1.54) is 0 Å². The summed E-state index contributed by atoms with van der Waals surface area (Å²) in [6.07, 6.45) is 1.77. The number of esters is 1. The normalized spacial score (nSPS) is 11.6. The Hall–Kier alpha value is -2.93. The monoisotopic (exact) mass is 441 g/mol. The molecule has 0 aliphatic carbocycles. The van der Waals surface area contributed by atoms with E-state index >= 15 is 0 Å². The van der Waals surface area contributed by atoms with Crippen molar-refractivity contribution in [1.29, 1.82) is 0 Å². The molecule has 2 aromatic carbocycles. The Kier molecular flexibility index (Phi) is 6.60. The molecule has 1 N–H and O–H groups in total. The molecule has 28 heavy (non-hydrogen) atoms. The third kappa shape index (κ3) is 5.07. The molecule has 0 spiro atoms. The van der Waals surface area contributed by atoms with Crippen LogP contribution < -0.4 is 5.32 Å². The van der Waals surface area contributed by atoms with E-state index in [2.05, 4.69) is 26.3 Å². The molecule has 0 saturated heterocycles. The lowest BCUT2D eigenvalue weighted by Crippen LogP contribution is -2.31. The average molecular weight is 442 g/mol. The zero-order valence-electron chi connectivity index (χ0n) is 15.3. The largest absolute Gasteiger partial charge is 0.466 e. The first-order valence-corrected chi connectivity index (χ1v) is 9.69. The maximum atomic E-state index is 12.7. The summed E-state index contributed by atoms with van der Waals surface area (Å²) in [7, 11) is 0. The number of hydrogen-bond donors (Lipinski definition) is 1. The van der Waals surface area contributed by atoms with Crippen LogP contribution in [-0.2, 0) is 9.53 Å². The van der Waals surface area contributed by atoms with Crippen LogP contribution in [-0.4, -0.2) is 28.3 Å². The first kappa shape index (κ1) is 19.8. The van der Waals surface area contributed by atoms with Gasteiger partial charge in [0.05, 0.1) is 24.8 Å². The van der Waals surface area contributed by atoms with E-state index in [9.17, 15) is 9.59 Å². The van der Waals surface area contributed by atoms with E-state index in [0.29, 0.717) is 6.61 Å². The van der Waals surface area contributed by atoms with Gasteiger partial charge in [0.2, 0.25) is 0 Å². The van der Waals surface area contributed by atoms with Gasteiger partial charge >= 0.3 is 5.97 Å². The number of carbonyl (C=O) groups excluding carboxylic acids is 2. The van der Waals surface area contributed by atoms with Crippen LogP contribution in [0.5, 0.6) is 0 Å². The second-order valence-corrected chi connectivity index (χ2v) is 6.99. The highest BCUT2D eigenvalue weighted by Gasteiger charge is 2.21. The SMILES string of the molecule is CCOC(=O)CC(NC(=O)c1ccn(-c2cccc(Br)c2)n1)c1ccccc1. The molecule has 0 aliphatic rings. The van der Waals surface area contributed by atoms with E-state index in [4.69, 9.17) is 4.74 Å². The van der Waals surface area contributed by atoms with Crippen molar-refractivity contribution in [2.45, 2.75) is 19.4 Å². The average Bonchev–Trinajstić information content (AvgIpc) is 3.19. The van der Waals surface area contributed by atoms with Crippen LogP contribution in [0.15, 0.2) is 71.3 Å². The minimum absolute atomic E-state index is 0.0515. The first-order chi connectivity index (χ1) is 13.6. The van der Waals surface area contributed by atoms with Crippen molar-refractivity contribution in [3.63, 3.8) is 0 Å². The summed E-state index contributed by atoms with van der Waals surface area (Å²) in [5.74, 6) is -0.719. The van der Waals surface area contributed by atoms with Gasteiger partial charge in [0.15, 0.2) is 5.69 Å². The first-order valence-electron chi connectivity index (χ1n) is 8.90. The second kappa shape index (κ2) is 9.32. The third-order valence-electron chi connectivity index (χ3n) is 4.08. The summed E-state index contributed by atoms with van der Waals surface area (Å²) < 4.78 is 7.59. The number of benzene rings is 2. The number of nitrogens with zero attached hydrogens (tertiary/aromatic N) is 2. The Morgan fingerprint density at radius 2 is 1.93 bits per heavy atom. The highest BCUT2D eigenvalue weighted by atomic mass is 79.9. The highest BCUT2D eigenvalue weighted by molar-refractivity contribution is 9.10.